The molecule has 0 aromatic heterocycles. The highest BCUT2D eigenvalue weighted by atomic mass is 16.5. The average molecular weight is 244 g/mol. The summed E-state index contributed by atoms with van der Waals surface area (Å²) in [5, 5.41) is 0. The van der Waals surface area contributed by atoms with Gasteiger partial charge in [0.25, 0.3) is 0 Å². The highest BCUT2D eigenvalue weighted by Crippen LogP contribution is 1.80. The number of methoxy groups -OCH3 is 1. The van der Waals surface area contributed by atoms with Crippen LogP contribution in [0.3, 0.4) is 0 Å². The third-order valence-corrected chi connectivity index (χ3v) is 1.40. The van der Waals surface area contributed by atoms with Crippen LogP contribution in [0.25, 0.3) is 0 Å². The van der Waals surface area contributed by atoms with Crippen molar-refractivity contribution in [2.45, 2.75) is 0 Å². The van der Waals surface area contributed by atoms with Crippen molar-refractivity contribution in [2.24, 2.45) is 0 Å². The molecular formula is C14H12O4. The first-order valence-corrected chi connectivity index (χ1v) is 4.90. The Hall–Kier alpha value is -2.72. The zero-order chi connectivity index (χ0) is 13.6. The van der Waals surface area contributed by atoms with E-state index in [2.05, 4.69) is 39.7 Å². The summed E-state index contributed by atoms with van der Waals surface area (Å²) < 4.78 is 9.03. The Morgan fingerprint density at radius 2 is 1.83 bits per heavy atom. The smallest absolute Gasteiger partial charge is 0.331 e. The minimum atomic E-state index is -0.486. The van der Waals surface area contributed by atoms with Crippen LogP contribution in [-0.2, 0) is 19.1 Å². The van der Waals surface area contributed by atoms with Gasteiger partial charge in [0, 0.05) is 12.2 Å². The second-order valence-electron chi connectivity index (χ2n) is 2.63. The number of carbonyl (C=O) groups excluding carboxylic acids is 2. The van der Waals surface area contributed by atoms with Gasteiger partial charge in [-0.3, -0.25) is 0 Å². The molecule has 0 spiro atoms. The molecule has 0 bridgehead atoms. The van der Waals surface area contributed by atoms with Crippen LogP contribution in [0.1, 0.15) is 0 Å². The summed E-state index contributed by atoms with van der Waals surface area (Å²) in [6, 6.07) is 0. The fourth-order valence-electron chi connectivity index (χ4n) is 0.629. The van der Waals surface area contributed by atoms with Crippen molar-refractivity contribution in [3.05, 3.63) is 37.0 Å². The third-order valence-electron chi connectivity index (χ3n) is 1.40. The lowest BCUT2D eigenvalue weighted by atomic mass is 10.4. The number of esters is 2. The van der Waals surface area contributed by atoms with Gasteiger partial charge >= 0.3 is 11.9 Å². The largest absolute Gasteiger partial charge is 0.466 e. The van der Waals surface area contributed by atoms with Crippen LogP contribution >= 0.6 is 0 Å². The van der Waals surface area contributed by atoms with Gasteiger partial charge < -0.3 is 9.47 Å². The Bertz CT molecular complexity index is 475. The van der Waals surface area contributed by atoms with Gasteiger partial charge in [-0.1, -0.05) is 18.4 Å². The van der Waals surface area contributed by atoms with Crippen molar-refractivity contribution in [1.29, 1.82) is 0 Å². The fourth-order valence-corrected chi connectivity index (χ4v) is 0.629. The van der Waals surface area contributed by atoms with Crippen molar-refractivity contribution in [3.63, 3.8) is 0 Å². The van der Waals surface area contributed by atoms with Gasteiger partial charge in [-0.25, -0.2) is 9.59 Å². The summed E-state index contributed by atoms with van der Waals surface area (Å²) in [5.74, 6) is 9.19. The summed E-state index contributed by atoms with van der Waals surface area (Å²) >= 11 is 0. The maximum atomic E-state index is 10.6. The highest BCUT2D eigenvalue weighted by molar-refractivity contribution is 5.82. The summed E-state index contributed by atoms with van der Waals surface area (Å²) in [7, 11) is 1.28. The van der Waals surface area contributed by atoms with Crippen LogP contribution in [0.15, 0.2) is 37.0 Å². The zero-order valence-corrected chi connectivity index (χ0v) is 9.93. The van der Waals surface area contributed by atoms with Gasteiger partial charge in [-0.15, -0.1) is 0 Å². The molecule has 0 aliphatic rings. The first kappa shape index (κ1) is 15.3. The van der Waals surface area contributed by atoms with Gasteiger partial charge in [0.1, 0.15) is 6.61 Å². The molecule has 0 fully saturated rings. The van der Waals surface area contributed by atoms with E-state index < -0.39 is 11.9 Å². The normalized spacial score (nSPS) is 8.94. The molecule has 0 unspecified atom stereocenters. The van der Waals surface area contributed by atoms with Crippen LogP contribution in [0.2, 0.25) is 0 Å². The Labute approximate surface area is 106 Å². The average Bonchev–Trinajstić information content (AvgIpc) is 2.40. The van der Waals surface area contributed by atoms with Crippen molar-refractivity contribution >= 4 is 11.9 Å². The number of hydrogen-bond acceptors (Lipinski definition) is 4. The predicted octanol–water partition coefficient (Wildman–Crippen LogP) is 1.01. The Morgan fingerprint density at radius 3 is 2.44 bits per heavy atom. The molecule has 92 valence electrons. The lowest BCUT2D eigenvalue weighted by molar-refractivity contribution is -0.136. The quantitative estimate of drug-likeness (QED) is 0.420. The lowest BCUT2D eigenvalue weighted by Gasteiger charge is -1.92. The van der Waals surface area contributed by atoms with E-state index in [1.807, 2.05) is 0 Å². The van der Waals surface area contributed by atoms with Crippen LogP contribution in [0.4, 0.5) is 0 Å². The van der Waals surface area contributed by atoms with E-state index >= 15 is 0 Å². The molecule has 0 aromatic carbocycles. The first-order chi connectivity index (χ1) is 8.70. The summed E-state index contributed by atoms with van der Waals surface area (Å²) in [5.41, 5.74) is 0. The van der Waals surface area contributed by atoms with Crippen LogP contribution < -0.4 is 0 Å². The molecule has 0 aliphatic carbocycles. The van der Waals surface area contributed by atoms with E-state index in [4.69, 9.17) is 0 Å². The molecule has 0 heterocycles. The van der Waals surface area contributed by atoms with Gasteiger partial charge in [0.2, 0.25) is 0 Å². The van der Waals surface area contributed by atoms with Gasteiger partial charge in [0.05, 0.1) is 7.11 Å². The van der Waals surface area contributed by atoms with E-state index in [-0.39, 0.29) is 6.61 Å². The molecular weight excluding hydrogens is 232 g/mol. The number of hydrogen-bond donors (Lipinski definition) is 0. The Balaban J connectivity index is 3.92. The molecule has 0 aliphatic heterocycles. The Morgan fingerprint density at radius 1 is 1.17 bits per heavy atom. The van der Waals surface area contributed by atoms with Crippen molar-refractivity contribution < 1.29 is 19.1 Å². The maximum Gasteiger partial charge on any atom is 0.331 e. The van der Waals surface area contributed by atoms with Crippen molar-refractivity contribution in [2.75, 3.05) is 13.7 Å². The minimum Gasteiger partial charge on any atom is -0.466 e. The van der Waals surface area contributed by atoms with E-state index in [1.165, 1.54) is 25.3 Å². The fraction of sp³-hybridized carbons (Fsp3) is 0.143. The van der Waals surface area contributed by atoms with E-state index in [0.29, 0.717) is 0 Å². The SMILES string of the molecule is C=CC(=O)OC/C=C/C#CC#C/C=C\C(=O)OC. The van der Waals surface area contributed by atoms with Crippen LogP contribution in [-0.4, -0.2) is 25.7 Å². The lowest BCUT2D eigenvalue weighted by Crippen LogP contribution is -1.98. The Kier molecular flexibility index (Phi) is 9.16. The summed E-state index contributed by atoms with van der Waals surface area (Å²) in [6.07, 6.45) is 6.70. The number of allylic oxidation sites excluding steroid dienone is 2. The molecule has 0 amide bonds. The molecule has 0 aromatic rings. The summed E-state index contributed by atoms with van der Waals surface area (Å²) in [6.45, 7) is 3.39. The van der Waals surface area contributed by atoms with E-state index in [9.17, 15) is 9.59 Å². The molecule has 18 heavy (non-hydrogen) atoms. The predicted molar refractivity (Wildman–Crippen MR) is 67.0 cm³/mol. The minimum absolute atomic E-state index is 0.134. The highest BCUT2D eigenvalue weighted by Gasteiger charge is 1.89. The van der Waals surface area contributed by atoms with E-state index in [1.54, 1.807) is 6.08 Å². The second-order valence-corrected chi connectivity index (χ2v) is 2.63. The molecule has 0 atom stereocenters. The van der Waals surface area contributed by atoms with E-state index in [0.717, 1.165) is 6.08 Å². The van der Waals surface area contributed by atoms with Gasteiger partial charge in [-0.2, -0.15) is 0 Å². The first-order valence-electron chi connectivity index (χ1n) is 4.90. The molecule has 4 heteroatoms. The van der Waals surface area contributed by atoms with Crippen molar-refractivity contribution in [1.82, 2.24) is 0 Å². The molecule has 0 rings (SSSR count). The molecule has 0 radical (unpaired) electrons. The van der Waals surface area contributed by atoms with Gasteiger partial charge in [-0.05, 0) is 30.1 Å². The topological polar surface area (TPSA) is 52.6 Å². The summed E-state index contributed by atoms with van der Waals surface area (Å²) in [4.78, 5) is 21.2. The molecule has 0 saturated heterocycles. The number of rotatable bonds is 4. The molecule has 4 nitrogen and oxygen atoms in total. The van der Waals surface area contributed by atoms with Gasteiger partial charge in [0.15, 0.2) is 0 Å². The third kappa shape index (κ3) is 9.82. The number of carbonyl (C=O) groups is 2. The van der Waals surface area contributed by atoms with Crippen LogP contribution in [0, 0.1) is 23.7 Å². The second kappa shape index (κ2) is 10.8. The molecule has 0 N–H and O–H groups in total. The monoisotopic (exact) mass is 244 g/mol. The maximum absolute atomic E-state index is 10.6. The van der Waals surface area contributed by atoms with Crippen molar-refractivity contribution in [3.8, 4) is 23.7 Å². The van der Waals surface area contributed by atoms with Crippen LogP contribution in [0.5, 0.6) is 0 Å². The number of ether oxygens (including phenoxy) is 2. The standard InChI is InChI=1S/C14H12O4/c1-3-13(15)18-12-10-8-6-4-5-7-9-11-14(16)17-2/h3,8-11H,1,12H2,2H3/b10-8+,11-9-. The molecule has 0 saturated carbocycles. The zero-order valence-electron chi connectivity index (χ0n) is 9.93.